The average molecular weight is 355 g/mol. The molecule has 0 spiro atoms. The molecule has 1 aliphatic carbocycles. The summed E-state index contributed by atoms with van der Waals surface area (Å²) in [4.78, 5) is 0. The van der Waals surface area contributed by atoms with Crippen LogP contribution in [0.3, 0.4) is 0 Å². The minimum atomic E-state index is -0.206. The molecule has 26 heavy (non-hydrogen) atoms. The molecule has 0 radical (unpaired) electrons. The van der Waals surface area contributed by atoms with Gasteiger partial charge in [0.1, 0.15) is 17.1 Å². The molecular formula is C24H34O2. The molecule has 142 valence electrons. The van der Waals surface area contributed by atoms with E-state index in [2.05, 4.69) is 46.4 Å². The topological polar surface area (TPSA) is 29.5 Å². The summed E-state index contributed by atoms with van der Waals surface area (Å²) < 4.78 is 6.47. The van der Waals surface area contributed by atoms with E-state index in [-0.39, 0.29) is 5.60 Å². The number of benzene rings is 1. The van der Waals surface area contributed by atoms with Crippen molar-refractivity contribution < 1.29 is 9.84 Å². The van der Waals surface area contributed by atoms with Gasteiger partial charge in [-0.2, -0.15) is 0 Å². The molecule has 0 unspecified atom stereocenters. The van der Waals surface area contributed by atoms with Crippen LogP contribution in [0, 0.1) is 5.92 Å². The first-order chi connectivity index (χ1) is 12.4. The lowest BCUT2D eigenvalue weighted by Crippen LogP contribution is -2.45. The van der Waals surface area contributed by atoms with Gasteiger partial charge in [0, 0.05) is 23.0 Å². The minimum absolute atomic E-state index is 0.206. The van der Waals surface area contributed by atoms with Crippen LogP contribution < -0.4 is 4.74 Å². The van der Waals surface area contributed by atoms with Gasteiger partial charge in [-0.1, -0.05) is 37.5 Å². The molecule has 1 N–H and O–H groups in total. The highest BCUT2D eigenvalue weighted by Gasteiger charge is 2.46. The van der Waals surface area contributed by atoms with Crippen molar-refractivity contribution in [1.29, 1.82) is 0 Å². The summed E-state index contributed by atoms with van der Waals surface area (Å²) in [6, 6.07) is 2.22. The van der Waals surface area contributed by atoms with Crippen molar-refractivity contribution in [2.24, 2.45) is 5.92 Å². The van der Waals surface area contributed by atoms with Gasteiger partial charge in [0.25, 0.3) is 0 Å². The highest BCUT2D eigenvalue weighted by atomic mass is 16.5. The number of phenols is 1. The predicted molar refractivity (Wildman–Crippen MR) is 109 cm³/mol. The van der Waals surface area contributed by atoms with E-state index in [1.807, 2.05) is 6.08 Å². The number of phenolic OH excluding ortho intramolecular Hbond substituents is 1. The monoisotopic (exact) mass is 354 g/mol. The second-order valence-electron chi connectivity index (χ2n) is 8.63. The van der Waals surface area contributed by atoms with Crippen LogP contribution in [0.1, 0.15) is 82.4 Å². The van der Waals surface area contributed by atoms with E-state index in [0.717, 1.165) is 49.0 Å². The van der Waals surface area contributed by atoms with Crippen LogP contribution in [-0.2, 0) is 12.8 Å². The van der Waals surface area contributed by atoms with Crippen LogP contribution in [0.2, 0.25) is 0 Å². The highest BCUT2D eigenvalue weighted by Crippen LogP contribution is 2.55. The van der Waals surface area contributed by atoms with Crippen LogP contribution in [0.5, 0.6) is 11.5 Å². The van der Waals surface area contributed by atoms with Gasteiger partial charge in [-0.3, -0.25) is 0 Å². The molecule has 3 rings (SSSR count). The number of aromatic hydroxyl groups is 1. The van der Waals surface area contributed by atoms with Gasteiger partial charge in [0.2, 0.25) is 0 Å². The van der Waals surface area contributed by atoms with Crippen molar-refractivity contribution >= 4 is 0 Å². The number of hydrogen-bond donors (Lipinski definition) is 1. The van der Waals surface area contributed by atoms with Crippen LogP contribution >= 0.6 is 0 Å². The first-order valence-electron chi connectivity index (χ1n) is 10.2. The quantitative estimate of drug-likeness (QED) is 0.469. The second kappa shape index (κ2) is 7.50. The fraction of sp³-hybridized carbons (Fsp3) is 0.583. The Morgan fingerprint density at radius 1 is 1.35 bits per heavy atom. The Bertz CT molecular complexity index is 711. The zero-order chi connectivity index (χ0) is 18.9. The average Bonchev–Trinajstić information content (AvgIpc) is 2.57. The van der Waals surface area contributed by atoms with Gasteiger partial charge in [0.15, 0.2) is 0 Å². The molecule has 0 amide bonds. The molecule has 1 aliphatic heterocycles. The standard InChI is InChI=1S/C24H34O2/c1-6-8-9-11-17-15-21-22(23(25)18(17)10-7-2)19-14-16(3)12-13-20(19)24(4,5)26-21/h7,12,15,19-20,25H,2,6,8-11,13-14H2,1,3-5H3/t19-,20-/m1/s1. The zero-order valence-electron chi connectivity index (χ0n) is 16.9. The lowest BCUT2D eigenvalue weighted by molar-refractivity contribution is 0.00745. The first-order valence-corrected chi connectivity index (χ1v) is 10.2. The summed E-state index contributed by atoms with van der Waals surface area (Å²) in [6.07, 6.45) is 11.6. The summed E-state index contributed by atoms with van der Waals surface area (Å²) >= 11 is 0. The molecule has 0 saturated heterocycles. The molecule has 1 aromatic rings. The number of aryl methyl sites for hydroxylation is 1. The SMILES string of the molecule is C=CCc1c(CCCCC)cc2c(c1O)[C@@H]1CC(C)=CC[C@H]1C(C)(C)O2. The fourth-order valence-corrected chi connectivity index (χ4v) is 4.85. The second-order valence-corrected chi connectivity index (χ2v) is 8.63. The van der Waals surface area contributed by atoms with E-state index >= 15 is 0 Å². The Balaban J connectivity index is 2.09. The summed E-state index contributed by atoms with van der Waals surface area (Å²) in [7, 11) is 0. The molecule has 0 saturated carbocycles. The van der Waals surface area contributed by atoms with E-state index in [0.29, 0.717) is 17.6 Å². The van der Waals surface area contributed by atoms with Crippen molar-refractivity contribution in [2.75, 3.05) is 0 Å². The van der Waals surface area contributed by atoms with Gasteiger partial charge in [-0.15, -0.1) is 6.58 Å². The molecule has 2 atom stereocenters. The number of unbranched alkanes of at least 4 members (excludes halogenated alkanes) is 2. The number of hydrogen-bond acceptors (Lipinski definition) is 2. The maximum Gasteiger partial charge on any atom is 0.127 e. The summed E-state index contributed by atoms with van der Waals surface area (Å²) in [6.45, 7) is 12.7. The van der Waals surface area contributed by atoms with Crippen molar-refractivity contribution in [3.63, 3.8) is 0 Å². The normalized spacial score (nSPS) is 23.5. The molecule has 2 nitrogen and oxygen atoms in total. The van der Waals surface area contributed by atoms with Gasteiger partial charge in [-0.25, -0.2) is 0 Å². The van der Waals surface area contributed by atoms with E-state index in [1.54, 1.807) is 0 Å². The van der Waals surface area contributed by atoms with E-state index in [4.69, 9.17) is 4.74 Å². The van der Waals surface area contributed by atoms with Crippen LogP contribution in [-0.4, -0.2) is 10.7 Å². The maximum absolute atomic E-state index is 11.3. The predicted octanol–water partition coefficient (Wildman–Crippen LogP) is 6.46. The molecule has 2 heteroatoms. The van der Waals surface area contributed by atoms with Crippen LogP contribution in [0.4, 0.5) is 0 Å². The van der Waals surface area contributed by atoms with Crippen LogP contribution in [0.25, 0.3) is 0 Å². The Labute approximate surface area is 159 Å². The van der Waals surface area contributed by atoms with Crippen molar-refractivity contribution in [1.82, 2.24) is 0 Å². The lowest BCUT2D eigenvalue weighted by Gasteiger charge is -2.47. The molecule has 0 aromatic heterocycles. The Kier molecular flexibility index (Phi) is 5.50. The summed E-state index contributed by atoms with van der Waals surface area (Å²) in [5, 5.41) is 11.3. The minimum Gasteiger partial charge on any atom is -0.507 e. The summed E-state index contributed by atoms with van der Waals surface area (Å²) in [5.74, 6) is 2.12. The fourth-order valence-electron chi connectivity index (χ4n) is 4.85. The largest absolute Gasteiger partial charge is 0.507 e. The van der Waals surface area contributed by atoms with Crippen LogP contribution in [0.15, 0.2) is 30.4 Å². The zero-order valence-corrected chi connectivity index (χ0v) is 16.9. The number of rotatable bonds is 6. The maximum atomic E-state index is 11.3. The molecule has 0 bridgehead atoms. The van der Waals surface area contributed by atoms with Crippen molar-refractivity contribution in [3.8, 4) is 11.5 Å². The highest BCUT2D eigenvalue weighted by molar-refractivity contribution is 5.58. The Morgan fingerprint density at radius 2 is 2.12 bits per heavy atom. The van der Waals surface area contributed by atoms with Crippen molar-refractivity contribution in [3.05, 3.63) is 47.1 Å². The van der Waals surface area contributed by atoms with Gasteiger partial charge < -0.3 is 9.84 Å². The van der Waals surface area contributed by atoms with Crippen molar-refractivity contribution in [2.45, 2.75) is 84.2 Å². The third-order valence-corrected chi connectivity index (χ3v) is 6.28. The lowest BCUT2D eigenvalue weighted by atomic mass is 9.66. The number of ether oxygens (including phenoxy) is 1. The van der Waals surface area contributed by atoms with E-state index in [1.165, 1.54) is 24.0 Å². The Hall–Kier alpha value is -1.70. The van der Waals surface area contributed by atoms with E-state index in [9.17, 15) is 5.11 Å². The van der Waals surface area contributed by atoms with Gasteiger partial charge in [-0.05, 0) is 64.5 Å². The third kappa shape index (κ3) is 3.43. The van der Waals surface area contributed by atoms with E-state index < -0.39 is 0 Å². The molecule has 2 aliphatic rings. The molecule has 1 heterocycles. The number of allylic oxidation sites excluding steroid dienone is 3. The first kappa shape index (κ1) is 19.1. The molecule has 1 aromatic carbocycles. The van der Waals surface area contributed by atoms with Gasteiger partial charge >= 0.3 is 0 Å². The summed E-state index contributed by atoms with van der Waals surface area (Å²) in [5.41, 5.74) is 4.54. The number of fused-ring (bicyclic) bond motifs is 3. The van der Waals surface area contributed by atoms with Gasteiger partial charge in [0.05, 0.1) is 0 Å². The molecular weight excluding hydrogens is 320 g/mol. The Morgan fingerprint density at radius 3 is 2.81 bits per heavy atom. The third-order valence-electron chi connectivity index (χ3n) is 6.28. The molecule has 0 fully saturated rings. The smallest absolute Gasteiger partial charge is 0.127 e.